The highest BCUT2D eigenvalue weighted by molar-refractivity contribution is 5.68. The molecule has 0 N–H and O–H groups in total. The van der Waals surface area contributed by atoms with Crippen LogP contribution in [0.5, 0.6) is 0 Å². The van der Waals surface area contributed by atoms with Crippen LogP contribution >= 0.6 is 0 Å². The Morgan fingerprint density at radius 2 is 1.46 bits per heavy atom. The number of hydrogen-bond acceptors (Lipinski definition) is 2. The van der Waals surface area contributed by atoms with E-state index in [1.165, 1.54) is 6.42 Å². The third-order valence-corrected chi connectivity index (χ3v) is 0.594. The molecule has 0 aliphatic rings. The molecule has 13 heavy (non-hydrogen) atoms. The molecule has 0 fully saturated rings. The molecule has 0 heterocycles. The Morgan fingerprint density at radius 3 is 1.54 bits per heavy atom. The number of esters is 1. The molecular weight excluding hydrogens is 178 g/mol. The van der Waals surface area contributed by atoms with E-state index in [9.17, 15) is 13.6 Å². The van der Waals surface area contributed by atoms with Crippen molar-refractivity contribution >= 4 is 5.97 Å². The summed E-state index contributed by atoms with van der Waals surface area (Å²) in [7, 11) is 0. The Hall–Kier alpha value is -0.670. The van der Waals surface area contributed by atoms with Crippen LogP contribution < -0.4 is 0 Å². The minimum absolute atomic E-state index is 0.123. The summed E-state index contributed by atoms with van der Waals surface area (Å²) in [6.45, 7) is 6.57. The molecule has 0 aliphatic heterocycles. The van der Waals surface area contributed by atoms with Crippen molar-refractivity contribution in [3.05, 3.63) is 0 Å². The van der Waals surface area contributed by atoms with Gasteiger partial charge in [0.2, 0.25) is 6.93 Å². The molecule has 0 aromatic heterocycles. The van der Waals surface area contributed by atoms with E-state index in [0.717, 1.165) is 0 Å². The first-order chi connectivity index (χ1) is 6.14. The summed E-state index contributed by atoms with van der Waals surface area (Å²) in [6, 6.07) is 0. The molecule has 0 aliphatic carbocycles. The molecule has 0 saturated heterocycles. The monoisotopic (exact) mass is 198 g/mol. The van der Waals surface area contributed by atoms with E-state index in [1.807, 2.05) is 0 Å². The average molecular weight is 198 g/mol. The number of alkyl halides is 2. The van der Waals surface area contributed by atoms with Gasteiger partial charge in [0, 0.05) is 6.42 Å². The lowest BCUT2D eigenvalue weighted by Gasteiger charge is -1.93. The second-order valence-electron chi connectivity index (χ2n) is 1.97. The van der Waals surface area contributed by atoms with Crippen molar-refractivity contribution < 1.29 is 18.3 Å². The maximum absolute atomic E-state index is 10.2. The first kappa shape index (κ1) is 18.2. The van der Waals surface area contributed by atoms with Crippen molar-refractivity contribution in [2.45, 2.75) is 40.5 Å². The summed E-state index contributed by atoms with van der Waals surface area (Å²) in [5.74, 6) is -0.123. The van der Waals surface area contributed by atoms with E-state index in [1.54, 1.807) is 13.8 Å². The van der Waals surface area contributed by atoms with Crippen LogP contribution in [0.25, 0.3) is 0 Å². The molecule has 0 radical (unpaired) electrons. The molecule has 0 bridgehead atoms. The van der Waals surface area contributed by atoms with Crippen LogP contribution in [0.2, 0.25) is 0 Å². The van der Waals surface area contributed by atoms with E-state index in [-0.39, 0.29) is 5.97 Å². The van der Waals surface area contributed by atoms with E-state index in [0.29, 0.717) is 13.0 Å². The second-order valence-corrected chi connectivity index (χ2v) is 1.97. The SMILES string of the molecule is CCC.CCOC(=O)CC.FCF. The summed E-state index contributed by atoms with van der Waals surface area (Å²) in [6.07, 6.45) is 1.73. The maximum atomic E-state index is 10.2. The van der Waals surface area contributed by atoms with Gasteiger partial charge >= 0.3 is 5.97 Å². The van der Waals surface area contributed by atoms with Gasteiger partial charge in [-0.3, -0.25) is 4.79 Å². The molecule has 0 amide bonds. The van der Waals surface area contributed by atoms with Crippen molar-refractivity contribution in [3.63, 3.8) is 0 Å². The zero-order valence-corrected chi connectivity index (χ0v) is 8.90. The predicted octanol–water partition coefficient (Wildman–Crippen LogP) is 3.26. The number of hydrogen-bond donors (Lipinski definition) is 0. The highest BCUT2D eigenvalue weighted by Gasteiger charge is 1.91. The van der Waals surface area contributed by atoms with Crippen molar-refractivity contribution in [1.29, 1.82) is 0 Å². The van der Waals surface area contributed by atoms with E-state index < -0.39 is 6.93 Å². The van der Waals surface area contributed by atoms with Crippen LogP contribution in [0.3, 0.4) is 0 Å². The molecule has 0 saturated carbocycles. The molecule has 0 spiro atoms. The van der Waals surface area contributed by atoms with Gasteiger partial charge in [-0.2, -0.15) is 0 Å². The third kappa shape index (κ3) is 52.6. The van der Waals surface area contributed by atoms with E-state index >= 15 is 0 Å². The molecular formula is C9H20F2O2. The topological polar surface area (TPSA) is 26.3 Å². The Kier molecular flexibility index (Phi) is 31.5. The molecule has 0 aromatic rings. The van der Waals surface area contributed by atoms with Gasteiger partial charge in [0.15, 0.2) is 0 Å². The Morgan fingerprint density at radius 1 is 1.15 bits per heavy atom. The van der Waals surface area contributed by atoms with Crippen LogP contribution in [0.4, 0.5) is 8.78 Å². The zero-order valence-electron chi connectivity index (χ0n) is 8.90. The van der Waals surface area contributed by atoms with Crippen LogP contribution in [0.15, 0.2) is 0 Å². The molecule has 4 heteroatoms. The van der Waals surface area contributed by atoms with Crippen molar-refractivity contribution in [1.82, 2.24) is 0 Å². The highest BCUT2D eigenvalue weighted by Crippen LogP contribution is 1.80. The highest BCUT2D eigenvalue weighted by atomic mass is 19.3. The summed E-state index contributed by atoms with van der Waals surface area (Å²) in [4.78, 5) is 10.2. The fourth-order valence-corrected chi connectivity index (χ4v) is 0.263. The van der Waals surface area contributed by atoms with Gasteiger partial charge < -0.3 is 4.74 Å². The number of halogens is 2. The molecule has 2 nitrogen and oxygen atoms in total. The molecule has 0 rings (SSSR count). The minimum atomic E-state index is -1.75. The van der Waals surface area contributed by atoms with Crippen molar-refractivity contribution in [2.24, 2.45) is 0 Å². The number of rotatable bonds is 2. The molecule has 0 unspecified atom stereocenters. The molecule has 82 valence electrons. The summed E-state index contributed by atoms with van der Waals surface area (Å²) in [5.41, 5.74) is 0. The average Bonchev–Trinajstić information content (AvgIpc) is 2.07. The first-order valence-electron chi connectivity index (χ1n) is 4.41. The van der Waals surface area contributed by atoms with Crippen LogP contribution in [0, 0.1) is 0 Å². The fourth-order valence-electron chi connectivity index (χ4n) is 0.263. The number of ether oxygens (including phenoxy) is 1. The maximum Gasteiger partial charge on any atom is 0.305 e. The quantitative estimate of drug-likeness (QED) is 0.636. The smallest absolute Gasteiger partial charge is 0.305 e. The standard InChI is InChI=1S/C5H10O2.C3H8.CH2F2/c1-3-5(6)7-4-2;1-3-2;2-1-3/h3-4H2,1-2H3;3H2,1-2H3;1H2. The van der Waals surface area contributed by atoms with Crippen molar-refractivity contribution in [3.8, 4) is 0 Å². The van der Waals surface area contributed by atoms with Gasteiger partial charge in [-0.25, -0.2) is 8.78 Å². The Bertz CT molecular complexity index is 85.7. The summed E-state index contributed by atoms with van der Waals surface area (Å²) < 4.78 is 23.8. The summed E-state index contributed by atoms with van der Waals surface area (Å²) >= 11 is 0. The normalized spacial score (nSPS) is 7.23. The third-order valence-electron chi connectivity index (χ3n) is 0.594. The largest absolute Gasteiger partial charge is 0.466 e. The Labute approximate surface area is 79.3 Å². The summed E-state index contributed by atoms with van der Waals surface area (Å²) in [5, 5.41) is 0. The Balaban J connectivity index is -0.000000140. The predicted molar refractivity (Wildman–Crippen MR) is 50.0 cm³/mol. The number of carbonyl (C=O) groups excluding carboxylic acids is 1. The van der Waals surface area contributed by atoms with Gasteiger partial charge in [0.25, 0.3) is 0 Å². The van der Waals surface area contributed by atoms with Crippen molar-refractivity contribution in [2.75, 3.05) is 13.5 Å². The van der Waals surface area contributed by atoms with Gasteiger partial charge in [-0.15, -0.1) is 0 Å². The van der Waals surface area contributed by atoms with Crippen LogP contribution in [0.1, 0.15) is 40.5 Å². The zero-order chi connectivity index (χ0) is 11.1. The fraction of sp³-hybridized carbons (Fsp3) is 0.889. The van der Waals surface area contributed by atoms with Gasteiger partial charge in [0.05, 0.1) is 6.61 Å². The van der Waals surface area contributed by atoms with Gasteiger partial charge in [-0.05, 0) is 6.92 Å². The number of carbonyl (C=O) groups is 1. The van der Waals surface area contributed by atoms with Crippen LogP contribution in [-0.4, -0.2) is 19.5 Å². The second kappa shape index (κ2) is 22.5. The van der Waals surface area contributed by atoms with Gasteiger partial charge in [-0.1, -0.05) is 27.2 Å². The lowest BCUT2D eigenvalue weighted by Crippen LogP contribution is -2.00. The van der Waals surface area contributed by atoms with Crippen LogP contribution in [-0.2, 0) is 9.53 Å². The van der Waals surface area contributed by atoms with E-state index in [2.05, 4.69) is 18.6 Å². The molecule has 0 atom stereocenters. The van der Waals surface area contributed by atoms with Gasteiger partial charge in [0.1, 0.15) is 0 Å². The lowest BCUT2D eigenvalue weighted by atomic mass is 10.5. The minimum Gasteiger partial charge on any atom is -0.466 e. The van der Waals surface area contributed by atoms with E-state index in [4.69, 9.17) is 0 Å². The lowest BCUT2D eigenvalue weighted by molar-refractivity contribution is -0.142. The first-order valence-corrected chi connectivity index (χ1v) is 4.41. The molecule has 0 aromatic carbocycles.